The molecule has 0 atom stereocenters. The minimum atomic E-state index is 0.334. The van der Waals surface area contributed by atoms with Crippen molar-refractivity contribution in [3.8, 4) is 11.5 Å². The van der Waals surface area contributed by atoms with Gasteiger partial charge in [0.2, 0.25) is 0 Å². The van der Waals surface area contributed by atoms with Crippen LogP contribution in [0.5, 0.6) is 11.5 Å². The van der Waals surface area contributed by atoms with Gasteiger partial charge in [0.1, 0.15) is 24.7 Å². The molecule has 3 nitrogen and oxygen atoms in total. The number of hydrogen-bond donors (Lipinski definition) is 0. The van der Waals surface area contributed by atoms with E-state index in [9.17, 15) is 4.79 Å². The van der Waals surface area contributed by atoms with Crippen molar-refractivity contribution >= 4 is 22.2 Å². The van der Waals surface area contributed by atoms with E-state index in [-0.39, 0.29) is 0 Å². The van der Waals surface area contributed by atoms with Crippen molar-refractivity contribution in [2.24, 2.45) is 0 Å². The second-order valence-corrected chi connectivity index (χ2v) is 5.17. The zero-order valence-corrected chi connectivity index (χ0v) is 13.0. The highest BCUT2D eigenvalue weighted by molar-refractivity contribution is 9.10. The average molecular weight is 347 g/mol. The maximum Gasteiger partial charge on any atom is 0.153 e. The second-order valence-electron chi connectivity index (χ2n) is 4.31. The summed E-state index contributed by atoms with van der Waals surface area (Å²) in [5.41, 5.74) is 1.54. The Hall–Kier alpha value is -2.07. The van der Waals surface area contributed by atoms with E-state index in [0.29, 0.717) is 34.7 Å². The van der Waals surface area contributed by atoms with Gasteiger partial charge in [0.15, 0.2) is 6.29 Å². The largest absolute Gasteiger partial charge is 0.489 e. The van der Waals surface area contributed by atoms with Crippen LogP contribution >= 0.6 is 15.9 Å². The number of ether oxygens (including phenoxy) is 2. The molecule has 0 saturated heterocycles. The Morgan fingerprint density at radius 1 is 1.10 bits per heavy atom. The molecule has 0 fully saturated rings. The van der Waals surface area contributed by atoms with E-state index >= 15 is 0 Å². The first kappa shape index (κ1) is 15.3. The molecule has 0 saturated carbocycles. The van der Waals surface area contributed by atoms with Gasteiger partial charge in [-0.1, -0.05) is 43.0 Å². The van der Waals surface area contributed by atoms with Crippen molar-refractivity contribution in [3.63, 3.8) is 0 Å². The number of halogens is 1. The lowest BCUT2D eigenvalue weighted by Crippen LogP contribution is -2.00. The molecule has 2 aromatic carbocycles. The van der Waals surface area contributed by atoms with Gasteiger partial charge in [-0.2, -0.15) is 0 Å². The Morgan fingerprint density at radius 3 is 2.52 bits per heavy atom. The number of carbonyl (C=O) groups excluding carboxylic acids is 1. The monoisotopic (exact) mass is 346 g/mol. The highest BCUT2D eigenvalue weighted by Gasteiger charge is 2.10. The van der Waals surface area contributed by atoms with Gasteiger partial charge in [-0.05, 0) is 27.6 Å². The maximum absolute atomic E-state index is 11.1. The zero-order valence-electron chi connectivity index (χ0n) is 11.4. The van der Waals surface area contributed by atoms with Gasteiger partial charge in [0.05, 0.1) is 10.0 Å². The van der Waals surface area contributed by atoms with Crippen LogP contribution in [0.2, 0.25) is 0 Å². The Balaban J connectivity index is 2.18. The molecule has 0 aliphatic rings. The molecule has 0 unspecified atom stereocenters. The molecule has 0 bridgehead atoms. The molecule has 21 heavy (non-hydrogen) atoms. The first-order valence-electron chi connectivity index (χ1n) is 6.43. The average Bonchev–Trinajstić information content (AvgIpc) is 2.53. The van der Waals surface area contributed by atoms with Crippen LogP contribution in [-0.2, 0) is 6.61 Å². The van der Waals surface area contributed by atoms with Crippen molar-refractivity contribution < 1.29 is 14.3 Å². The van der Waals surface area contributed by atoms with Crippen LogP contribution in [0.1, 0.15) is 15.9 Å². The molecule has 0 spiro atoms. The Labute approximate surface area is 132 Å². The number of rotatable bonds is 7. The van der Waals surface area contributed by atoms with Crippen LogP contribution < -0.4 is 9.47 Å². The summed E-state index contributed by atoms with van der Waals surface area (Å²) < 4.78 is 12.0. The zero-order chi connectivity index (χ0) is 15.1. The third-order valence-electron chi connectivity index (χ3n) is 2.79. The van der Waals surface area contributed by atoms with Gasteiger partial charge >= 0.3 is 0 Å². The Morgan fingerprint density at radius 2 is 1.86 bits per heavy atom. The molecular weight excluding hydrogens is 332 g/mol. The van der Waals surface area contributed by atoms with Gasteiger partial charge < -0.3 is 9.47 Å². The van der Waals surface area contributed by atoms with E-state index < -0.39 is 0 Å². The Bertz CT molecular complexity index is 623. The molecule has 0 aliphatic carbocycles. The number of aldehydes is 1. The molecule has 0 aliphatic heterocycles. The third-order valence-corrected chi connectivity index (χ3v) is 3.40. The third kappa shape index (κ3) is 4.20. The molecular formula is C17H15BrO3. The number of hydrogen-bond acceptors (Lipinski definition) is 3. The first-order chi connectivity index (χ1) is 10.2. The van der Waals surface area contributed by atoms with Crippen molar-refractivity contribution in [1.82, 2.24) is 0 Å². The molecule has 2 rings (SSSR count). The van der Waals surface area contributed by atoms with Crippen LogP contribution in [0.25, 0.3) is 0 Å². The van der Waals surface area contributed by atoms with Crippen molar-refractivity contribution in [2.75, 3.05) is 6.61 Å². The summed E-state index contributed by atoms with van der Waals surface area (Å²) in [7, 11) is 0. The minimum absolute atomic E-state index is 0.334. The summed E-state index contributed by atoms with van der Waals surface area (Å²) in [5.74, 6) is 1.11. The lowest BCUT2D eigenvalue weighted by atomic mass is 10.2. The van der Waals surface area contributed by atoms with Gasteiger partial charge in [-0.3, -0.25) is 4.79 Å². The van der Waals surface area contributed by atoms with E-state index in [1.807, 2.05) is 30.3 Å². The molecule has 108 valence electrons. The molecule has 4 heteroatoms. The van der Waals surface area contributed by atoms with Crippen LogP contribution in [0.3, 0.4) is 0 Å². The molecule has 2 aromatic rings. The van der Waals surface area contributed by atoms with Crippen molar-refractivity contribution in [2.45, 2.75) is 6.61 Å². The molecule has 0 heterocycles. The van der Waals surface area contributed by atoms with Gasteiger partial charge in [0.25, 0.3) is 0 Å². The minimum Gasteiger partial charge on any atom is -0.489 e. The fourth-order valence-corrected chi connectivity index (χ4v) is 2.24. The fourth-order valence-electron chi connectivity index (χ4n) is 1.76. The topological polar surface area (TPSA) is 35.5 Å². The Kier molecular flexibility index (Phi) is 5.58. The van der Waals surface area contributed by atoms with Crippen LogP contribution in [-0.4, -0.2) is 12.9 Å². The smallest absolute Gasteiger partial charge is 0.153 e. The molecule has 0 amide bonds. The van der Waals surface area contributed by atoms with E-state index in [4.69, 9.17) is 9.47 Å². The lowest BCUT2D eigenvalue weighted by molar-refractivity contribution is 0.112. The summed E-state index contributed by atoms with van der Waals surface area (Å²) >= 11 is 3.40. The quantitative estimate of drug-likeness (QED) is 0.550. The standard InChI is InChI=1S/C17H15BrO3/c1-2-8-20-16-10-17(15(18)9-14(16)11-19)21-12-13-6-4-3-5-7-13/h2-7,9-11H,1,8,12H2. The van der Waals surface area contributed by atoms with Gasteiger partial charge in [-0.15, -0.1) is 0 Å². The second kappa shape index (κ2) is 7.64. The van der Waals surface area contributed by atoms with Gasteiger partial charge in [0, 0.05) is 6.07 Å². The lowest BCUT2D eigenvalue weighted by Gasteiger charge is -2.12. The number of benzene rings is 2. The van der Waals surface area contributed by atoms with Gasteiger partial charge in [-0.25, -0.2) is 0 Å². The summed E-state index contributed by atoms with van der Waals surface area (Å²) in [6, 6.07) is 13.3. The fraction of sp³-hybridized carbons (Fsp3) is 0.118. The van der Waals surface area contributed by atoms with Crippen LogP contribution in [0.15, 0.2) is 59.6 Å². The first-order valence-corrected chi connectivity index (χ1v) is 7.23. The molecule has 0 aromatic heterocycles. The van der Waals surface area contributed by atoms with E-state index in [1.54, 1.807) is 18.2 Å². The predicted octanol–water partition coefficient (Wildman–Crippen LogP) is 4.41. The highest BCUT2D eigenvalue weighted by Crippen LogP contribution is 2.33. The van der Waals surface area contributed by atoms with E-state index in [0.717, 1.165) is 11.8 Å². The van der Waals surface area contributed by atoms with E-state index in [2.05, 4.69) is 22.5 Å². The molecule has 0 radical (unpaired) electrons. The predicted molar refractivity (Wildman–Crippen MR) is 86.0 cm³/mol. The summed E-state index contributed by atoms with van der Waals surface area (Å²) in [5, 5.41) is 0. The summed E-state index contributed by atoms with van der Waals surface area (Å²) in [6.07, 6.45) is 2.38. The van der Waals surface area contributed by atoms with Crippen LogP contribution in [0, 0.1) is 0 Å². The normalized spacial score (nSPS) is 9.95. The SMILES string of the molecule is C=CCOc1cc(OCc2ccccc2)c(Br)cc1C=O. The van der Waals surface area contributed by atoms with Crippen LogP contribution in [0.4, 0.5) is 0 Å². The number of carbonyl (C=O) groups is 1. The summed E-state index contributed by atoms with van der Waals surface area (Å²) in [4.78, 5) is 11.1. The van der Waals surface area contributed by atoms with Crippen molar-refractivity contribution in [1.29, 1.82) is 0 Å². The summed E-state index contributed by atoms with van der Waals surface area (Å²) in [6.45, 7) is 4.37. The van der Waals surface area contributed by atoms with Crippen molar-refractivity contribution in [3.05, 3.63) is 70.7 Å². The highest BCUT2D eigenvalue weighted by atomic mass is 79.9. The van der Waals surface area contributed by atoms with E-state index in [1.165, 1.54) is 0 Å². The maximum atomic E-state index is 11.1. The molecule has 0 N–H and O–H groups in total.